The van der Waals surface area contributed by atoms with Crippen LogP contribution in [0, 0.1) is 6.92 Å². The Kier molecular flexibility index (Phi) is 44.7. The number of nitrogens with zero attached hydrogens (tertiary/aromatic N) is 4. The van der Waals surface area contributed by atoms with E-state index in [-0.39, 0.29) is 51.5 Å². The molecule has 0 atom stereocenters. The average Bonchev–Trinajstić information content (AvgIpc) is 0.824. The van der Waals surface area contributed by atoms with E-state index in [1.165, 1.54) is 164 Å². The summed E-state index contributed by atoms with van der Waals surface area (Å²) < 4.78 is 102. The summed E-state index contributed by atoms with van der Waals surface area (Å²) in [5.41, 5.74) is 18.4. The molecular weight excluding hydrogens is 1740 g/mol. The predicted molar refractivity (Wildman–Crippen MR) is 448 cm³/mol. The molecule has 0 aliphatic carbocycles. The Labute approximate surface area is 692 Å². The van der Waals surface area contributed by atoms with Crippen molar-refractivity contribution >= 4 is 111 Å². The Bertz CT molecular complexity index is 3450. The number of hydrogen-bond donors (Lipinski definition) is 16. The van der Waals surface area contributed by atoms with Gasteiger partial charge in [-0.2, -0.15) is 0 Å². The molecule has 0 radical (unpaired) electrons. The first kappa shape index (κ1) is 106. The second-order valence-electron chi connectivity index (χ2n) is 25.9. The molecule has 0 unspecified atom stereocenters. The molecule has 0 saturated carbocycles. The number of carbonyl (C=O) groups excluding carboxylic acids is 8. The molecule has 16 N–H and O–H groups in total. The van der Waals surface area contributed by atoms with Gasteiger partial charge in [-0.3, -0.25) is 0 Å². The van der Waals surface area contributed by atoms with E-state index in [4.69, 9.17) is 86.6 Å². The number of hydrazine groups is 4. The average molecular weight is 1860 g/mol. The molecule has 119 heavy (non-hydrogen) atoms. The van der Waals surface area contributed by atoms with Gasteiger partial charge in [-0.15, -0.1) is 0 Å². The summed E-state index contributed by atoms with van der Waals surface area (Å²) in [6.07, 6.45) is -3.42. The van der Waals surface area contributed by atoms with Gasteiger partial charge in [-0.1, -0.05) is 17.7 Å². The van der Waals surface area contributed by atoms with Gasteiger partial charge in [0.15, 0.2) is 0 Å². The fourth-order valence-electron chi connectivity index (χ4n) is 10.5. The van der Waals surface area contributed by atoms with Gasteiger partial charge in [-0.25, -0.2) is 0 Å². The van der Waals surface area contributed by atoms with Crippen LogP contribution in [0.2, 0.25) is 0 Å². The monoisotopic (exact) mass is 1860 g/mol. The van der Waals surface area contributed by atoms with E-state index in [1.807, 2.05) is 19.1 Å². The molecule has 0 aliphatic heterocycles. The molecule has 0 heterocycles. The Hall–Kier alpha value is -5.64. The van der Waals surface area contributed by atoms with Crippen molar-refractivity contribution in [3.8, 4) is 17.2 Å². The van der Waals surface area contributed by atoms with Gasteiger partial charge in [0.05, 0.1) is 0 Å². The molecule has 47 nitrogen and oxygen atoms in total. The Balaban J connectivity index is 1.83. The zero-order valence-corrected chi connectivity index (χ0v) is 77.0. The minimum atomic E-state index is -4.00. The summed E-state index contributed by atoms with van der Waals surface area (Å²) >= 11 is 0. The zero-order chi connectivity index (χ0) is 89.2. The number of amides is 8. The van der Waals surface area contributed by atoms with Crippen LogP contribution in [0.1, 0.15) is 63.7 Å². The summed E-state index contributed by atoms with van der Waals surface area (Å²) in [6, 6.07) is 19.0. The second kappa shape index (κ2) is 50.3. The van der Waals surface area contributed by atoms with Crippen molar-refractivity contribution in [1.29, 1.82) is 0 Å². The van der Waals surface area contributed by atoms with E-state index in [9.17, 15) is 77.5 Å². The number of hydrogen-bond acceptors (Lipinski definition) is 39. The van der Waals surface area contributed by atoms with Crippen LogP contribution < -0.4 is 57.6 Å². The number of rotatable bonds is 53. The van der Waals surface area contributed by atoms with E-state index >= 15 is 0 Å². The van der Waals surface area contributed by atoms with Crippen molar-refractivity contribution < 1.29 is 164 Å². The van der Waals surface area contributed by atoms with Gasteiger partial charge in [0, 0.05) is 6.07 Å². The van der Waals surface area contributed by atoms with E-state index in [1.54, 1.807) is 24.3 Å². The van der Waals surface area contributed by atoms with Crippen LogP contribution in [0.25, 0.3) is 0 Å². The van der Waals surface area contributed by atoms with Gasteiger partial charge in [0.2, 0.25) is 0 Å². The van der Waals surface area contributed by atoms with Gasteiger partial charge < -0.3 is 4.74 Å². The van der Waals surface area contributed by atoms with Crippen molar-refractivity contribution in [2.75, 3.05) is 190 Å². The maximum atomic E-state index is 14.2. The molecule has 684 valence electrons. The molecule has 4 aromatic carbocycles. The fourth-order valence-corrected chi connectivity index (χ4v) is 21.1. The molecule has 4 rings (SSSR count). The molecular formula is C64H118N12O35P8. The summed E-state index contributed by atoms with van der Waals surface area (Å²) in [6.45, 7) is -1.70. The quantitative estimate of drug-likeness (QED) is 0.0215. The van der Waals surface area contributed by atoms with Crippen LogP contribution in [0.4, 0.5) is 0 Å². The van der Waals surface area contributed by atoms with Gasteiger partial charge in [-0.05, 0) is 36.8 Å². The van der Waals surface area contributed by atoms with Crippen LogP contribution in [0.15, 0.2) is 78.9 Å². The Morgan fingerprint density at radius 1 is 0.261 bits per heavy atom. The number of nitrogens with one attached hydrogen (secondary N) is 8. The van der Waals surface area contributed by atoms with E-state index in [0.29, 0.717) is 11.3 Å². The molecule has 0 saturated heterocycles. The van der Waals surface area contributed by atoms with Crippen LogP contribution in [0.3, 0.4) is 0 Å². The minimum absolute atomic E-state index is 0.0554. The summed E-state index contributed by atoms with van der Waals surface area (Å²) in [5, 5.41) is 0. The van der Waals surface area contributed by atoms with Crippen molar-refractivity contribution in [3.63, 3.8) is 0 Å². The maximum absolute atomic E-state index is 14.2. The number of benzene rings is 4. The molecule has 0 bridgehead atoms. The predicted octanol–water partition coefficient (Wildman–Crippen LogP) is 0.884. The molecule has 8 amide bonds. The first-order chi connectivity index (χ1) is 56.1. The van der Waals surface area contributed by atoms with Crippen molar-refractivity contribution in [2.24, 2.45) is 0 Å². The SMILES string of the molecule is CO[PH](O)(CN(CC(=O)NNC(=O)c1cc(COc2cc(COc3ccc(C)cc3)cc(OCc3cc(C(=O)NNC(=O)CN(C[PH](O)(OC)OC)C[PH](O)(OC)OC)cc(C(=O)NNC(=O)CN(C[PH](O)(OC)OC)C[PH](O)(OC)OC)c3)c2)cc(C(=O)NNC(=O)CN(C[PH](O)(OC)OC)C[PH](O)(OC)OC)c1)C[PH](O)(OC)OC)OC. The summed E-state index contributed by atoms with van der Waals surface area (Å²) in [7, 11) is -13.2. The third-order valence-corrected chi connectivity index (χ3v) is 34.4. The summed E-state index contributed by atoms with van der Waals surface area (Å²) in [5.74, 6) is -7.19. The number of carbonyl (C=O) groups is 8. The molecule has 0 spiro atoms. The van der Waals surface area contributed by atoms with E-state index in [0.717, 1.165) is 17.7 Å². The number of ether oxygens (including phenoxy) is 3. The fraction of sp³-hybridized carbons (Fsp3) is 0.500. The molecule has 0 aliphatic rings. The van der Waals surface area contributed by atoms with Crippen LogP contribution in [-0.2, 0) is 111 Å². The van der Waals surface area contributed by atoms with Crippen molar-refractivity contribution in [1.82, 2.24) is 63.0 Å². The standard InChI is InChI=1S/C64H118N12O35P8/c1-46-18-20-54(21-19-46)109-37-49-26-55(110-35-47-22-50(61(81)69-65-57(77)31-73(38-112(85,93-2)94-3)39-113(86,95-4)96-5)28-51(23-47)62(82)70-66-58(78)32-74(40-114(87,97-6)98-7)41-115(88,99-8)100-9)30-56(27-49)111-36-48-24-52(63(83)71-67-59(79)33-75(42-116(89,101-10)102-11)43-117(90,103-12)104-13)29-53(25-48)64(84)72-68-60(80)34-76(44-118(91,105-14)106-15)45-119(92,107-16)108-17/h18-30,85-92,112-119H,31-45H2,1-17H3,(H,65,77)(H,66,78)(H,67,79)(H,68,80)(H,69,81)(H,70,82)(H,71,83)(H,72,84). The van der Waals surface area contributed by atoms with Crippen LogP contribution >= 0.6 is 63.5 Å². The van der Waals surface area contributed by atoms with Crippen LogP contribution in [0.5, 0.6) is 17.2 Å². The molecule has 0 aromatic heterocycles. The van der Waals surface area contributed by atoms with E-state index in [2.05, 4.69) is 43.4 Å². The first-order valence-corrected chi connectivity index (χ1v) is 51.1. The topological polar surface area (TPSA) is 583 Å². The third-order valence-electron chi connectivity index (χ3n) is 17.4. The normalized spacial score (nSPS) is 13.6. The Morgan fingerprint density at radius 3 is 0.639 bits per heavy atom. The van der Waals surface area contributed by atoms with Gasteiger partial charge in [0.1, 0.15) is 23.9 Å². The van der Waals surface area contributed by atoms with Crippen molar-refractivity contribution in [3.05, 3.63) is 123 Å². The van der Waals surface area contributed by atoms with Gasteiger partial charge >= 0.3 is 606 Å². The first-order valence-electron chi connectivity index (χ1n) is 35.3. The zero-order valence-electron chi connectivity index (χ0n) is 69.0. The van der Waals surface area contributed by atoms with Gasteiger partial charge in [0.25, 0.3) is 0 Å². The molecule has 55 heteroatoms. The molecule has 0 fully saturated rings. The second-order valence-corrected chi connectivity index (χ2v) is 46.4. The van der Waals surface area contributed by atoms with Crippen LogP contribution in [-0.4, -0.2) is 296 Å². The van der Waals surface area contributed by atoms with Crippen molar-refractivity contribution in [2.45, 2.75) is 26.7 Å². The Morgan fingerprint density at radius 2 is 0.445 bits per heavy atom. The third kappa shape index (κ3) is 35.9. The summed E-state index contributed by atoms with van der Waals surface area (Å²) in [4.78, 5) is 204. The van der Waals surface area contributed by atoms with E-state index < -0.39 is 200 Å². The number of aryl methyl sites for hydroxylation is 1. The molecule has 4 aromatic rings.